The summed E-state index contributed by atoms with van der Waals surface area (Å²) < 4.78 is 65.1. The largest absolute Gasteiger partial charge is 0.493 e. The Morgan fingerprint density at radius 1 is 0.914 bits per heavy atom. The Hall–Kier alpha value is -3.30. The van der Waals surface area contributed by atoms with Crippen molar-refractivity contribution in [2.75, 3.05) is 25.6 Å². The van der Waals surface area contributed by atoms with Crippen molar-refractivity contribution in [1.82, 2.24) is 9.97 Å². The van der Waals surface area contributed by atoms with Gasteiger partial charge in [-0.3, -0.25) is 0 Å². The lowest BCUT2D eigenvalue weighted by Crippen LogP contribution is -2.48. The third-order valence-electron chi connectivity index (χ3n) is 4.92. The van der Waals surface area contributed by atoms with Crippen molar-refractivity contribution in [3.63, 3.8) is 0 Å². The van der Waals surface area contributed by atoms with Crippen molar-refractivity contribution in [2.45, 2.75) is 24.5 Å². The van der Waals surface area contributed by atoms with Gasteiger partial charge in [-0.05, 0) is 6.07 Å². The van der Waals surface area contributed by atoms with Gasteiger partial charge < -0.3 is 40.7 Å². The van der Waals surface area contributed by atoms with Gasteiger partial charge in [-0.2, -0.15) is 0 Å². The Labute approximate surface area is 195 Å². The minimum atomic E-state index is -2.18. The van der Waals surface area contributed by atoms with Crippen molar-refractivity contribution in [1.29, 1.82) is 0 Å². The summed E-state index contributed by atoms with van der Waals surface area (Å²) in [6.45, 7) is -1.88. The second-order valence-electron chi connectivity index (χ2n) is 7.13. The Morgan fingerprint density at radius 3 is 2.23 bits per heavy atom. The van der Waals surface area contributed by atoms with E-state index >= 15 is 0 Å². The lowest BCUT2D eigenvalue weighted by Gasteiger charge is -2.28. The number of nitrogens with zero attached hydrogens (tertiary/aromatic N) is 2. The van der Waals surface area contributed by atoms with Gasteiger partial charge in [-0.25, -0.2) is 27.5 Å². The average molecular weight is 505 g/mol. The molecule has 0 aliphatic rings. The van der Waals surface area contributed by atoms with Crippen molar-refractivity contribution >= 4 is 22.4 Å². The number of methoxy groups -OCH3 is 1. The van der Waals surface area contributed by atoms with Gasteiger partial charge in [0.15, 0.2) is 35.4 Å². The summed E-state index contributed by atoms with van der Waals surface area (Å²) in [7, 11) is 1.27. The molecule has 0 fully saturated rings. The number of benzene rings is 2. The van der Waals surface area contributed by atoms with Gasteiger partial charge in [0.05, 0.1) is 31.5 Å². The standard InChI is InChI=1S/C21H21F4N3O6.H2O/c1-33-16-2-9-14(5-17(16)34-18(7-30)20(32)19(31)13(25)6-29)26-8-27-21(9)28-15-4-11(23)10(22)3-12(15)24;/h2-5,8,13,18-20,29-32H,6-7H2,1H3,(H,26,27,28);1H2/t13-,18-,19+,20+;/m1./s1. The number of nitrogens with one attached hydrogen (secondary N) is 1. The molecule has 0 unspecified atom stereocenters. The molecule has 3 aromatic rings. The summed E-state index contributed by atoms with van der Waals surface area (Å²) >= 11 is 0. The average Bonchev–Trinajstić information content (AvgIpc) is 2.83. The lowest BCUT2D eigenvalue weighted by molar-refractivity contribution is -0.0981. The first-order valence-corrected chi connectivity index (χ1v) is 9.83. The molecular weight excluding hydrogens is 482 g/mol. The van der Waals surface area contributed by atoms with Gasteiger partial charge >= 0.3 is 0 Å². The van der Waals surface area contributed by atoms with E-state index in [0.29, 0.717) is 12.1 Å². The number of halogens is 4. The maximum Gasteiger partial charge on any atom is 0.164 e. The van der Waals surface area contributed by atoms with Gasteiger partial charge in [0.25, 0.3) is 0 Å². The Morgan fingerprint density at radius 2 is 1.60 bits per heavy atom. The molecule has 3 rings (SSSR count). The number of anilines is 2. The van der Waals surface area contributed by atoms with Crippen molar-refractivity contribution in [3.8, 4) is 11.5 Å². The van der Waals surface area contributed by atoms with Crippen LogP contribution in [-0.2, 0) is 0 Å². The highest BCUT2D eigenvalue weighted by atomic mass is 19.2. The van der Waals surface area contributed by atoms with Crippen molar-refractivity contribution in [3.05, 3.63) is 48.0 Å². The smallest absolute Gasteiger partial charge is 0.164 e. The van der Waals surface area contributed by atoms with Gasteiger partial charge in [0.2, 0.25) is 0 Å². The molecule has 0 bridgehead atoms. The number of alkyl halides is 1. The normalized spacial score (nSPS) is 14.5. The maximum absolute atomic E-state index is 14.1. The molecule has 1 heterocycles. The molecule has 1 aromatic heterocycles. The molecule has 0 aliphatic carbocycles. The number of ether oxygens (including phenoxy) is 2. The summed E-state index contributed by atoms with van der Waals surface area (Å²) in [6.07, 6.45) is -6.55. The Kier molecular flexibility index (Phi) is 9.50. The van der Waals surface area contributed by atoms with E-state index in [1.54, 1.807) is 0 Å². The Balaban J connectivity index is 0.00000432. The summed E-state index contributed by atoms with van der Waals surface area (Å²) in [5.41, 5.74) is -0.193. The van der Waals surface area contributed by atoms with E-state index in [4.69, 9.17) is 14.6 Å². The van der Waals surface area contributed by atoms with Crippen LogP contribution in [0.2, 0.25) is 0 Å². The number of fused-ring (bicyclic) bond motifs is 1. The number of aliphatic hydroxyl groups excluding tert-OH is 4. The van der Waals surface area contributed by atoms with E-state index in [1.807, 2.05) is 0 Å². The highest BCUT2D eigenvalue weighted by Crippen LogP contribution is 2.36. The molecule has 0 saturated heterocycles. The fourth-order valence-corrected chi connectivity index (χ4v) is 3.08. The summed E-state index contributed by atoms with van der Waals surface area (Å²) in [6, 6.07) is 3.66. The first-order valence-electron chi connectivity index (χ1n) is 9.83. The fraction of sp³-hybridized carbons (Fsp3) is 0.333. The molecule has 4 atom stereocenters. The zero-order chi connectivity index (χ0) is 25.0. The number of hydrogen-bond acceptors (Lipinski definition) is 9. The van der Waals surface area contributed by atoms with Crippen LogP contribution >= 0.6 is 0 Å². The van der Waals surface area contributed by atoms with Crippen LogP contribution in [-0.4, -0.2) is 80.7 Å². The molecule has 7 N–H and O–H groups in total. The molecule has 0 aliphatic heterocycles. The zero-order valence-corrected chi connectivity index (χ0v) is 18.1. The van der Waals surface area contributed by atoms with Crippen LogP contribution in [0, 0.1) is 17.5 Å². The summed E-state index contributed by atoms with van der Waals surface area (Å²) in [5.74, 6) is -3.73. The first-order chi connectivity index (χ1) is 16.2. The van der Waals surface area contributed by atoms with E-state index in [2.05, 4.69) is 15.3 Å². The predicted molar refractivity (Wildman–Crippen MR) is 115 cm³/mol. The van der Waals surface area contributed by atoms with Crippen LogP contribution < -0.4 is 14.8 Å². The molecule has 0 saturated carbocycles. The van der Waals surface area contributed by atoms with Gasteiger partial charge in [-0.15, -0.1) is 0 Å². The summed E-state index contributed by atoms with van der Waals surface area (Å²) in [5, 5.41) is 41.1. The minimum absolute atomic E-state index is 0. The number of hydrogen-bond donors (Lipinski definition) is 5. The van der Waals surface area contributed by atoms with Crippen molar-refractivity contribution in [2.24, 2.45) is 0 Å². The maximum atomic E-state index is 14.1. The monoisotopic (exact) mass is 505 g/mol. The minimum Gasteiger partial charge on any atom is -0.493 e. The second-order valence-corrected chi connectivity index (χ2v) is 7.13. The molecule has 2 aromatic carbocycles. The molecule has 0 amide bonds. The van der Waals surface area contributed by atoms with Gasteiger partial charge in [-0.1, -0.05) is 0 Å². The highest BCUT2D eigenvalue weighted by Gasteiger charge is 2.34. The van der Waals surface area contributed by atoms with Crippen LogP contribution in [0.25, 0.3) is 10.9 Å². The van der Waals surface area contributed by atoms with Crippen molar-refractivity contribution < 1.29 is 52.9 Å². The first kappa shape index (κ1) is 27.9. The molecule has 192 valence electrons. The SMILES string of the molecule is COc1cc2c(Nc3cc(F)c(F)cc3F)ncnc2cc1O[C@H](CO)[C@H](O)[C@@H](O)[C@H](F)CO.O. The van der Waals surface area contributed by atoms with Crippen LogP contribution in [0.15, 0.2) is 30.6 Å². The Bertz CT molecular complexity index is 1160. The molecule has 0 spiro atoms. The molecule has 14 heteroatoms. The van der Waals surface area contributed by atoms with Crippen LogP contribution in [0.3, 0.4) is 0 Å². The lowest BCUT2D eigenvalue weighted by atomic mass is 10.0. The molecular formula is C21H23F4N3O7. The third-order valence-corrected chi connectivity index (χ3v) is 4.92. The van der Waals surface area contributed by atoms with E-state index in [9.17, 15) is 32.9 Å². The van der Waals surface area contributed by atoms with Crippen LogP contribution in [0.1, 0.15) is 0 Å². The number of rotatable bonds is 10. The van der Waals surface area contributed by atoms with E-state index in [1.165, 1.54) is 19.2 Å². The van der Waals surface area contributed by atoms with E-state index in [-0.39, 0.29) is 39.4 Å². The fourth-order valence-electron chi connectivity index (χ4n) is 3.08. The highest BCUT2D eigenvalue weighted by molar-refractivity contribution is 5.93. The number of aliphatic hydroxyl groups is 4. The molecule has 0 radical (unpaired) electrons. The summed E-state index contributed by atoms with van der Waals surface area (Å²) in [4.78, 5) is 8.02. The van der Waals surface area contributed by atoms with Crippen LogP contribution in [0.5, 0.6) is 11.5 Å². The van der Waals surface area contributed by atoms with Crippen LogP contribution in [0.4, 0.5) is 29.1 Å². The quantitative estimate of drug-likeness (QED) is 0.197. The van der Waals surface area contributed by atoms with E-state index < -0.39 is 55.1 Å². The predicted octanol–water partition coefficient (Wildman–Crippen LogP) is 0.767. The van der Waals surface area contributed by atoms with Gasteiger partial charge in [0, 0.05) is 23.6 Å². The number of aromatic nitrogens is 2. The van der Waals surface area contributed by atoms with E-state index in [0.717, 1.165) is 6.33 Å². The molecule has 35 heavy (non-hydrogen) atoms. The third kappa shape index (κ3) is 6.04. The zero-order valence-electron chi connectivity index (χ0n) is 18.1. The second kappa shape index (κ2) is 11.9. The topological polar surface area (TPSA) is 169 Å². The van der Waals surface area contributed by atoms with Gasteiger partial charge in [0.1, 0.15) is 30.2 Å². The molecule has 10 nitrogen and oxygen atoms in total.